The fraction of sp³-hybridized carbons (Fsp3) is 0.273. The van der Waals surface area contributed by atoms with Crippen LogP contribution in [0.25, 0.3) is 11.1 Å². The Morgan fingerprint density at radius 1 is 1.15 bits per heavy atom. The van der Waals surface area contributed by atoms with Gasteiger partial charge in [0.1, 0.15) is 5.82 Å². The first-order valence-corrected chi connectivity index (χ1v) is 9.12. The Hall–Kier alpha value is -2.92. The van der Waals surface area contributed by atoms with Crippen molar-refractivity contribution >= 4 is 5.97 Å². The van der Waals surface area contributed by atoms with E-state index in [2.05, 4.69) is 11.9 Å². The number of carboxylic acids is 1. The lowest BCUT2D eigenvalue weighted by molar-refractivity contribution is 0.0697. The molecule has 3 rings (SSSR count). The molecule has 0 atom stereocenters. The summed E-state index contributed by atoms with van der Waals surface area (Å²) in [6.45, 7) is 4.38. The van der Waals surface area contributed by atoms with Crippen LogP contribution in [0.1, 0.15) is 46.5 Å². The standard InChI is InChI=1S/C22H24N2O3/c1-3-7-21-23-15(2)20(14-25)24(21)13-16-10-11-18(19(12-16)22(26)27)17-8-5-4-6-9-17/h4-6,8-12,25H,3,7,13-14H2,1-2H3,(H,26,27). The van der Waals surface area contributed by atoms with Gasteiger partial charge in [-0.25, -0.2) is 9.78 Å². The monoisotopic (exact) mass is 364 g/mol. The number of benzene rings is 2. The lowest BCUT2D eigenvalue weighted by Crippen LogP contribution is -2.10. The van der Waals surface area contributed by atoms with Gasteiger partial charge < -0.3 is 14.8 Å². The fourth-order valence-corrected chi connectivity index (χ4v) is 3.39. The van der Waals surface area contributed by atoms with Gasteiger partial charge in [-0.3, -0.25) is 0 Å². The Bertz CT molecular complexity index is 946. The van der Waals surface area contributed by atoms with Crippen molar-refractivity contribution in [2.45, 2.75) is 39.8 Å². The summed E-state index contributed by atoms with van der Waals surface area (Å²) in [5.74, 6) is -0.0308. The highest BCUT2D eigenvalue weighted by atomic mass is 16.4. The minimum Gasteiger partial charge on any atom is -0.478 e. The van der Waals surface area contributed by atoms with E-state index in [1.165, 1.54) is 0 Å². The van der Waals surface area contributed by atoms with Gasteiger partial charge in [-0.05, 0) is 36.1 Å². The third-order valence-corrected chi connectivity index (χ3v) is 4.72. The van der Waals surface area contributed by atoms with E-state index in [4.69, 9.17) is 0 Å². The zero-order valence-electron chi connectivity index (χ0n) is 15.6. The third-order valence-electron chi connectivity index (χ3n) is 4.72. The Morgan fingerprint density at radius 3 is 2.52 bits per heavy atom. The molecule has 0 saturated carbocycles. The maximum atomic E-state index is 11.8. The first-order valence-electron chi connectivity index (χ1n) is 9.12. The molecule has 0 aliphatic carbocycles. The Balaban J connectivity index is 2.02. The minimum atomic E-state index is -0.950. The smallest absolute Gasteiger partial charge is 0.336 e. The molecule has 2 N–H and O–H groups in total. The molecule has 0 radical (unpaired) electrons. The van der Waals surface area contributed by atoms with Crippen molar-refractivity contribution < 1.29 is 15.0 Å². The molecular weight excluding hydrogens is 340 g/mol. The zero-order valence-corrected chi connectivity index (χ0v) is 15.6. The highest BCUT2D eigenvalue weighted by molar-refractivity contribution is 5.96. The largest absolute Gasteiger partial charge is 0.478 e. The van der Waals surface area contributed by atoms with Crippen LogP contribution in [0.2, 0.25) is 0 Å². The number of carbonyl (C=O) groups is 1. The maximum absolute atomic E-state index is 11.8. The van der Waals surface area contributed by atoms with Crippen LogP contribution in [-0.4, -0.2) is 25.7 Å². The molecular formula is C22H24N2O3. The highest BCUT2D eigenvalue weighted by Gasteiger charge is 2.16. The van der Waals surface area contributed by atoms with Crippen molar-refractivity contribution in [1.29, 1.82) is 0 Å². The SMILES string of the molecule is CCCc1nc(C)c(CO)n1Cc1ccc(-c2ccccc2)c(C(=O)O)c1. The fourth-order valence-electron chi connectivity index (χ4n) is 3.39. The number of rotatable bonds is 7. The van der Waals surface area contributed by atoms with Crippen molar-refractivity contribution in [1.82, 2.24) is 9.55 Å². The van der Waals surface area contributed by atoms with Crippen molar-refractivity contribution in [2.24, 2.45) is 0 Å². The van der Waals surface area contributed by atoms with Crippen LogP contribution in [0.4, 0.5) is 0 Å². The van der Waals surface area contributed by atoms with Gasteiger partial charge in [0.2, 0.25) is 0 Å². The zero-order chi connectivity index (χ0) is 19.4. The molecule has 0 bridgehead atoms. The van der Waals surface area contributed by atoms with Crippen LogP contribution in [0.15, 0.2) is 48.5 Å². The average molecular weight is 364 g/mol. The van der Waals surface area contributed by atoms with Crippen LogP contribution in [0, 0.1) is 6.92 Å². The maximum Gasteiger partial charge on any atom is 0.336 e. The van der Waals surface area contributed by atoms with Crippen molar-refractivity contribution in [3.63, 3.8) is 0 Å². The van der Waals surface area contributed by atoms with E-state index in [0.717, 1.165) is 41.2 Å². The minimum absolute atomic E-state index is 0.0869. The van der Waals surface area contributed by atoms with E-state index in [1.807, 2.05) is 54.0 Å². The molecule has 0 aliphatic heterocycles. The van der Waals surface area contributed by atoms with Crippen LogP contribution >= 0.6 is 0 Å². The number of hydrogen-bond donors (Lipinski definition) is 2. The summed E-state index contributed by atoms with van der Waals surface area (Å²) in [4.78, 5) is 16.4. The number of aromatic carboxylic acids is 1. The van der Waals surface area contributed by atoms with Gasteiger partial charge in [-0.15, -0.1) is 0 Å². The Labute approximate surface area is 158 Å². The number of aromatic nitrogens is 2. The number of aliphatic hydroxyl groups excluding tert-OH is 1. The van der Waals surface area contributed by atoms with Crippen LogP contribution in [0.3, 0.4) is 0 Å². The van der Waals surface area contributed by atoms with Crippen LogP contribution in [-0.2, 0) is 19.6 Å². The van der Waals surface area contributed by atoms with Crippen LogP contribution < -0.4 is 0 Å². The lowest BCUT2D eigenvalue weighted by Gasteiger charge is -2.13. The molecule has 1 heterocycles. The van der Waals surface area contributed by atoms with Gasteiger partial charge in [-0.1, -0.05) is 49.4 Å². The summed E-state index contributed by atoms with van der Waals surface area (Å²) >= 11 is 0. The summed E-state index contributed by atoms with van der Waals surface area (Å²) in [5.41, 5.74) is 4.32. The third kappa shape index (κ3) is 3.93. The number of hydrogen-bond acceptors (Lipinski definition) is 3. The molecule has 0 spiro atoms. The molecule has 27 heavy (non-hydrogen) atoms. The number of carboxylic acid groups (broad SMARTS) is 1. The predicted molar refractivity (Wildman–Crippen MR) is 105 cm³/mol. The van der Waals surface area contributed by atoms with E-state index < -0.39 is 5.97 Å². The van der Waals surface area contributed by atoms with Crippen molar-refractivity contribution in [2.75, 3.05) is 0 Å². The molecule has 2 aromatic carbocycles. The number of imidazole rings is 1. The van der Waals surface area contributed by atoms with Gasteiger partial charge in [0.15, 0.2) is 0 Å². The van der Waals surface area contributed by atoms with Gasteiger partial charge in [0.05, 0.1) is 23.6 Å². The quantitative estimate of drug-likeness (QED) is 0.663. The van der Waals surface area contributed by atoms with E-state index in [-0.39, 0.29) is 12.2 Å². The van der Waals surface area contributed by atoms with Crippen molar-refractivity contribution in [3.8, 4) is 11.1 Å². The first-order chi connectivity index (χ1) is 13.0. The van der Waals surface area contributed by atoms with E-state index in [0.29, 0.717) is 12.1 Å². The molecule has 1 aromatic heterocycles. The number of aryl methyl sites for hydroxylation is 2. The highest BCUT2D eigenvalue weighted by Crippen LogP contribution is 2.26. The molecule has 3 aromatic rings. The van der Waals surface area contributed by atoms with E-state index in [1.54, 1.807) is 6.07 Å². The van der Waals surface area contributed by atoms with Gasteiger partial charge in [-0.2, -0.15) is 0 Å². The first kappa shape index (κ1) is 18.9. The normalized spacial score (nSPS) is 10.9. The van der Waals surface area contributed by atoms with Crippen molar-refractivity contribution in [3.05, 3.63) is 76.9 Å². The van der Waals surface area contributed by atoms with Crippen LogP contribution in [0.5, 0.6) is 0 Å². The van der Waals surface area contributed by atoms with E-state index in [9.17, 15) is 15.0 Å². The molecule has 5 heteroatoms. The average Bonchev–Trinajstić information content (AvgIpc) is 2.97. The second kappa shape index (κ2) is 8.18. The summed E-state index contributed by atoms with van der Waals surface area (Å²) < 4.78 is 2.00. The Morgan fingerprint density at radius 2 is 1.89 bits per heavy atom. The molecule has 0 unspecified atom stereocenters. The summed E-state index contributed by atoms with van der Waals surface area (Å²) in [5, 5.41) is 19.4. The summed E-state index contributed by atoms with van der Waals surface area (Å²) in [7, 11) is 0. The lowest BCUT2D eigenvalue weighted by atomic mass is 9.97. The molecule has 0 fully saturated rings. The molecule has 140 valence electrons. The number of aliphatic hydroxyl groups is 1. The summed E-state index contributed by atoms with van der Waals surface area (Å²) in [6, 6.07) is 15.0. The molecule has 0 saturated heterocycles. The topological polar surface area (TPSA) is 75.4 Å². The molecule has 0 aliphatic rings. The van der Waals surface area contributed by atoms with Gasteiger partial charge in [0.25, 0.3) is 0 Å². The summed E-state index contributed by atoms with van der Waals surface area (Å²) in [6.07, 6.45) is 1.77. The molecule has 5 nitrogen and oxygen atoms in total. The van der Waals surface area contributed by atoms with Gasteiger partial charge >= 0.3 is 5.97 Å². The second-order valence-electron chi connectivity index (χ2n) is 6.61. The molecule has 0 amide bonds. The van der Waals surface area contributed by atoms with Gasteiger partial charge in [0, 0.05) is 13.0 Å². The Kier molecular flexibility index (Phi) is 5.72. The van der Waals surface area contributed by atoms with E-state index >= 15 is 0 Å². The second-order valence-corrected chi connectivity index (χ2v) is 6.61. The predicted octanol–water partition coefficient (Wildman–Crippen LogP) is 4.05. The number of nitrogens with zero attached hydrogens (tertiary/aromatic N) is 2.